The lowest BCUT2D eigenvalue weighted by Gasteiger charge is -2.22. The van der Waals surface area contributed by atoms with Crippen molar-refractivity contribution in [2.24, 2.45) is 5.92 Å². The number of carbonyl (C=O) groups excluding carboxylic acids is 1. The molecule has 0 saturated heterocycles. The molecule has 0 heterocycles. The summed E-state index contributed by atoms with van der Waals surface area (Å²) >= 11 is 0. The highest BCUT2D eigenvalue weighted by atomic mass is 19.4. The summed E-state index contributed by atoms with van der Waals surface area (Å²) in [4.78, 5) is 12.3. The van der Waals surface area contributed by atoms with E-state index in [1.165, 1.54) is 14.1 Å². The number of hydrogen-bond acceptors (Lipinski definition) is 1. The molecule has 0 N–H and O–H groups in total. The number of halogens is 3. The molecule has 0 aliphatic heterocycles. The highest BCUT2D eigenvalue weighted by molar-refractivity contribution is 5.79. The molecule has 15 heavy (non-hydrogen) atoms. The van der Waals surface area contributed by atoms with E-state index in [1.54, 1.807) is 0 Å². The summed E-state index contributed by atoms with van der Waals surface area (Å²) in [7, 11) is 2.70. The second kappa shape index (κ2) is 5.98. The quantitative estimate of drug-likeness (QED) is 0.659. The smallest absolute Gasteiger partial charge is 0.348 e. The maximum absolute atomic E-state index is 12.5. The zero-order chi connectivity index (χ0) is 12.1. The maximum atomic E-state index is 12.5. The fourth-order valence-corrected chi connectivity index (χ4v) is 1.34. The molecule has 1 atom stereocenters. The van der Waals surface area contributed by atoms with E-state index >= 15 is 0 Å². The predicted molar refractivity (Wildman–Crippen MR) is 52.4 cm³/mol. The van der Waals surface area contributed by atoms with Crippen LogP contribution < -0.4 is 0 Å². The third-order valence-corrected chi connectivity index (χ3v) is 2.23. The highest BCUT2D eigenvalue weighted by Crippen LogP contribution is 2.31. The molecule has 0 aromatic carbocycles. The van der Waals surface area contributed by atoms with Gasteiger partial charge in [0.15, 0.2) is 0 Å². The molecule has 0 aliphatic rings. The van der Waals surface area contributed by atoms with Crippen molar-refractivity contribution in [2.45, 2.75) is 38.8 Å². The molecule has 0 rings (SSSR count). The van der Waals surface area contributed by atoms with Crippen molar-refractivity contribution in [3.8, 4) is 0 Å². The van der Waals surface area contributed by atoms with Crippen LogP contribution in [0, 0.1) is 5.92 Å². The Morgan fingerprint density at radius 1 is 1.27 bits per heavy atom. The summed E-state index contributed by atoms with van der Waals surface area (Å²) in [6, 6.07) is 0. The van der Waals surface area contributed by atoms with Gasteiger partial charge in [-0.15, -0.1) is 0 Å². The summed E-state index contributed by atoms with van der Waals surface area (Å²) in [5.74, 6) is -2.68. The van der Waals surface area contributed by atoms with E-state index in [1.807, 2.05) is 6.92 Å². The standard InChI is InChI=1S/C10H18F3NO/c1-4-5-6-7-8(10(11,12)13)9(15)14(2)3/h8H,4-7H2,1-3H3. The first kappa shape index (κ1) is 14.3. The van der Waals surface area contributed by atoms with Crippen LogP contribution in [0.4, 0.5) is 13.2 Å². The lowest BCUT2D eigenvalue weighted by Crippen LogP contribution is -2.38. The summed E-state index contributed by atoms with van der Waals surface area (Å²) in [6.45, 7) is 1.91. The zero-order valence-corrected chi connectivity index (χ0v) is 9.40. The molecule has 1 unspecified atom stereocenters. The van der Waals surface area contributed by atoms with Crippen LogP contribution in [-0.4, -0.2) is 31.1 Å². The number of amides is 1. The van der Waals surface area contributed by atoms with Crippen molar-refractivity contribution in [3.05, 3.63) is 0 Å². The Morgan fingerprint density at radius 3 is 2.13 bits per heavy atom. The van der Waals surface area contributed by atoms with Gasteiger partial charge in [-0.05, 0) is 6.42 Å². The van der Waals surface area contributed by atoms with Crippen molar-refractivity contribution in [3.63, 3.8) is 0 Å². The van der Waals surface area contributed by atoms with Gasteiger partial charge >= 0.3 is 6.18 Å². The van der Waals surface area contributed by atoms with Gasteiger partial charge in [-0.25, -0.2) is 0 Å². The topological polar surface area (TPSA) is 20.3 Å². The van der Waals surface area contributed by atoms with Crippen LogP contribution in [0.2, 0.25) is 0 Å². The number of alkyl halides is 3. The number of hydrogen-bond donors (Lipinski definition) is 0. The van der Waals surface area contributed by atoms with E-state index in [0.717, 1.165) is 17.7 Å². The Hall–Kier alpha value is -0.740. The molecule has 0 aromatic heterocycles. The SMILES string of the molecule is CCCCCC(C(=O)N(C)C)C(F)(F)F. The van der Waals surface area contributed by atoms with Crippen molar-refractivity contribution in [2.75, 3.05) is 14.1 Å². The fraction of sp³-hybridized carbons (Fsp3) is 0.900. The van der Waals surface area contributed by atoms with Crippen LogP contribution in [0.1, 0.15) is 32.6 Å². The Kier molecular flexibility index (Phi) is 5.68. The average Bonchev–Trinajstić information content (AvgIpc) is 2.09. The molecule has 90 valence electrons. The monoisotopic (exact) mass is 225 g/mol. The van der Waals surface area contributed by atoms with Crippen molar-refractivity contribution >= 4 is 5.91 Å². The second-order valence-electron chi connectivity index (χ2n) is 3.82. The van der Waals surface area contributed by atoms with Gasteiger partial charge in [0.25, 0.3) is 0 Å². The minimum atomic E-state index is -4.42. The number of unbranched alkanes of at least 4 members (excludes halogenated alkanes) is 2. The average molecular weight is 225 g/mol. The van der Waals surface area contributed by atoms with Crippen molar-refractivity contribution in [1.29, 1.82) is 0 Å². The number of nitrogens with zero attached hydrogens (tertiary/aromatic N) is 1. The molecule has 0 fully saturated rings. The minimum Gasteiger partial charge on any atom is -0.348 e. The van der Waals surface area contributed by atoms with Crippen LogP contribution in [0.5, 0.6) is 0 Å². The van der Waals surface area contributed by atoms with Gasteiger partial charge in [0.05, 0.1) is 0 Å². The zero-order valence-electron chi connectivity index (χ0n) is 9.40. The second-order valence-corrected chi connectivity index (χ2v) is 3.82. The van der Waals surface area contributed by atoms with Crippen LogP contribution in [0.25, 0.3) is 0 Å². The van der Waals surface area contributed by atoms with Crippen LogP contribution >= 0.6 is 0 Å². The molecule has 0 spiro atoms. The highest BCUT2D eigenvalue weighted by Gasteiger charge is 2.44. The third kappa shape index (κ3) is 5.04. The Morgan fingerprint density at radius 2 is 1.80 bits per heavy atom. The molecule has 0 saturated carbocycles. The Balaban J connectivity index is 4.39. The minimum absolute atomic E-state index is 0.103. The fourth-order valence-electron chi connectivity index (χ4n) is 1.34. The summed E-state index contributed by atoms with van der Waals surface area (Å²) in [5.41, 5.74) is 0. The van der Waals surface area contributed by atoms with E-state index in [9.17, 15) is 18.0 Å². The summed E-state index contributed by atoms with van der Waals surface area (Å²) in [6.07, 6.45) is -2.50. The van der Waals surface area contributed by atoms with Gasteiger partial charge in [-0.1, -0.05) is 26.2 Å². The van der Waals surface area contributed by atoms with E-state index < -0.39 is 18.0 Å². The summed E-state index contributed by atoms with van der Waals surface area (Å²) in [5, 5.41) is 0. The molecule has 0 radical (unpaired) electrons. The van der Waals surface area contributed by atoms with Crippen molar-refractivity contribution < 1.29 is 18.0 Å². The van der Waals surface area contributed by atoms with Gasteiger partial charge in [-0.2, -0.15) is 13.2 Å². The van der Waals surface area contributed by atoms with E-state index in [4.69, 9.17) is 0 Å². The lowest BCUT2D eigenvalue weighted by molar-refractivity contribution is -0.189. The predicted octanol–water partition coefficient (Wildman–Crippen LogP) is 2.83. The Labute approximate surface area is 88.4 Å². The molecule has 5 heteroatoms. The first-order valence-corrected chi connectivity index (χ1v) is 5.08. The van der Waals surface area contributed by atoms with E-state index in [0.29, 0.717) is 6.42 Å². The molecule has 2 nitrogen and oxygen atoms in total. The number of carbonyl (C=O) groups is 1. The van der Waals surface area contributed by atoms with Crippen LogP contribution in [0.15, 0.2) is 0 Å². The van der Waals surface area contributed by atoms with Gasteiger partial charge in [-0.3, -0.25) is 4.79 Å². The molecule has 0 aliphatic carbocycles. The first-order valence-electron chi connectivity index (χ1n) is 5.08. The van der Waals surface area contributed by atoms with Gasteiger partial charge in [0.1, 0.15) is 5.92 Å². The third-order valence-electron chi connectivity index (χ3n) is 2.23. The van der Waals surface area contributed by atoms with E-state index in [2.05, 4.69) is 0 Å². The lowest BCUT2D eigenvalue weighted by atomic mass is 9.99. The van der Waals surface area contributed by atoms with Crippen LogP contribution in [0.3, 0.4) is 0 Å². The Bertz CT molecular complexity index is 201. The van der Waals surface area contributed by atoms with Gasteiger partial charge < -0.3 is 4.90 Å². The normalized spacial score (nSPS) is 13.7. The van der Waals surface area contributed by atoms with Gasteiger partial charge in [0.2, 0.25) is 5.91 Å². The summed E-state index contributed by atoms with van der Waals surface area (Å²) < 4.78 is 37.5. The first-order chi connectivity index (χ1) is 6.80. The molecular formula is C10H18F3NO. The molecule has 0 bridgehead atoms. The largest absolute Gasteiger partial charge is 0.400 e. The van der Waals surface area contributed by atoms with Crippen LogP contribution in [-0.2, 0) is 4.79 Å². The molecule has 1 amide bonds. The molecular weight excluding hydrogens is 207 g/mol. The van der Waals surface area contributed by atoms with Crippen molar-refractivity contribution in [1.82, 2.24) is 4.90 Å². The van der Waals surface area contributed by atoms with Gasteiger partial charge in [0, 0.05) is 14.1 Å². The maximum Gasteiger partial charge on any atom is 0.400 e. The number of rotatable bonds is 5. The molecule has 0 aromatic rings. The van der Waals surface area contributed by atoms with E-state index in [-0.39, 0.29) is 6.42 Å².